The molecule has 7 nitrogen and oxygen atoms in total. The molecule has 0 unspecified atom stereocenters. The molecule has 1 aromatic carbocycles. The van der Waals surface area contributed by atoms with E-state index in [-0.39, 0.29) is 5.69 Å². The smallest absolute Gasteiger partial charge is 0.366 e. The van der Waals surface area contributed by atoms with E-state index in [4.69, 9.17) is 0 Å². The van der Waals surface area contributed by atoms with Crippen LogP contribution in [0.15, 0.2) is 12.1 Å². The van der Waals surface area contributed by atoms with Gasteiger partial charge in [-0.05, 0) is 31.4 Å². The van der Waals surface area contributed by atoms with Crippen molar-refractivity contribution in [2.45, 2.75) is 25.4 Å². The summed E-state index contributed by atoms with van der Waals surface area (Å²) in [6.07, 6.45) is -2.67. The van der Waals surface area contributed by atoms with Gasteiger partial charge in [0.05, 0.1) is 9.85 Å². The molecular weight excluding hydrogens is 307 g/mol. The zero-order valence-corrected chi connectivity index (χ0v) is 11.3. The molecule has 120 valence electrons. The molecule has 0 bridgehead atoms. The summed E-state index contributed by atoms with van der Waals surface area (Å²) >= 11 is 0. The van der Waals surface area contributed by atoms with Gasteiger partial charge in [0.25, 0.3) is 0 Å². The number of hydrogen-bond donors (Lipinski definition) is 0. The van der Waals surface area contributed by atoms with E-state index in [1.54, 1.807) is 0 Å². The molecule has 1 saturated heterocycles. The van der Waals surface area contributed by atoms with Gasteiger partial charge in [-0.3, -0.25) is 20.2 Å². The van der Waals surface area contributed by atoms with E-state index in [1.165, 1.54) is 4.90 Å². The van der Waals surface area contributed by atoms with Crippen LogP contribution in [0.5, 0.6) is 0 Å². The van der Waals surface area contributed by atoms with Crippen molar-refractivity contribution in [3.63, 3.8) is 0 Å². The number of halogens is 3. The molecule has 0 radical (unpaired) electrons. The van der Waals surface area contributed by atoms with E-state index in [2.05, 4.69) is 0 Å². The SMILES string of the molecule is O=[N+]([O-])c1c(N2CCCCC2)ccc(C(F)(F)F)c1[N+](=O)[O-]. The van der Waals surface area contributed by atoms with Crippen LogP contribution in [0.4, 0.5) is 30.2 Å². The van der Waals surface area contributed by atoms with Crippen LogP contribution in [0.3, 0.4) is 0 Å². The molecule has 1 aromatic rings. The average Bonchev–Trinajstić information content (AvgIpc) is 2.45. The normalized spacial score (nSPS) is 15.7. The van der Waals surface area contributed by atoms with Crippen LogP contribution in [0.25, 0.3) is 0 Å². The summed E-state index contributed by atoms with van der Waals surface area (Å²) < 4.78 is 38.7. The van der Waals surface area contributed by atoms with Crippen molar-refractivity contribution in [1.82, 2.24) is 0 Å². The van der Waals surface area contributed by atoms with E-state index in [0.717, 1.165) is 25.3 Å². The first-order valence-electron chi connectivity index (χ1n) is 6.51. The number of alkyl halides is 3. The predicted octanol–water partition coefficient (Wildman–Crippen LogP) is 3.51. The lowest BCUT2D eigenvalue weighted by Crippen LogP contribution is -2.30. The summed E-state index contributed by atoms with van der Waals surface area (Å²) in [4.78, 5) is 21.3. The van der Waals surface area contributed by atoms with Crippen molar-refractivity contribution in [3.8, 4) is 0 Å². The third-order valence-electron chi connectivity index (χ3n) is 3.50. The molecule has 1 aliphatic rings. The van der Waals surface area contributed by atoms with Crippen LogP contribution in [0.1, 0.15) is 24.8 Å². The summed E-state index contributed by atoms with van der Waals surface area (Å²) in [5.41, 5.74) is -4.34. The predicted molar refractivity (Wildman–Crippen MR) is 70.8 cm³/mol. The molecular formula is C12H12F3N3O4. The van der Waals surface area contributed by atoms with Crippen LogP contribution < -0.4 is 4.90 Å². The highest BCUT2D eigenvalue weighted by Crippen LogP contribution is 2.46. The van der Waals surface area contributed by atoms with Crippen molar-refractivity contribution in [2.24, 2.45) is 0 Å². The zero-order chi connectivity index (χ0) is 16.5. The standard InChI is InChI=1S/C12H12F3N3O4/c13-12(14,15)8-4-5-9(16-6-2-1-3-7-16)11(18(21)22)10(8)17(19)20/h4-5H,1-3,6-7H2. The number of rotatable bonds is 3. The molecule has 0 atom stereocenters. The Balaban J connectivity index is 2.68. The van der Waals surface area contributed by atoms with Gasteiger partial charge in [0, 0.05) is 13.1 Å². The van der Waals surface area contributed by atoms with E-state index < -0.39 is 33.0 Å². The lowest BCUT2D eigenvalue weighted by atomic mass is 10.1. The van der Waals surface area contributed by atoms with Crippen molar-refractivity contribution in [2.75, 3.05) is 18.0 Å². The second-order valence-electron chi connectivity index (χ2n) is 4.89. The summed E-state index contributed by atoms with van der Waals surface area (Å²) in [6.45, 7) is 0.840. The van der Waals surface area contributed by atoms with Crippen molar-refractivity contribution >= 4 is 17.1 Å². The van der Waals surface area contributed by atoms with Crippen LogP contribution >= 0.6 is 0 Å². The highest BCUT2D eigenvalue weighted by molar-refractivity contribution is 5.75. The molecule has 0 aromatic heterocycles. The molecule has 0 saturated carbocycles. The van der Waals surface area contributed by atoms with E-state index in [0.29, 0.717) is 19.2 Å². The Morgan fingerprint density at radius 1 is 0.955 bits per heavy atom. The second-order valence-corrected chi connectivity index (χ2v) is 4.89. The Kier molecular flexibility index (Phi) is 4.20. The van der Waals surface area contributed by atoms with Gasteiger partial charge in [0.2, 0.25) is 0 Å². The lowest BCUT2D eigenvalue weighted by Gasteiger charge is -2.28. The maximum atomic E-state index is 12.9. The van der Waals surface area contributed by atoms with Crippen molar-refractivity contribution in [3.05, 3.63) is 37.9 Å². The zero-order valence-electron chi connectivity index (χ0n) is 11.3. The van der Waals surface area contributed by atoms with Crippen LogP contribution in [0.2, 0.25) is 0 Å². The van der Waals surface area contributed by atoms with E-state index >= 15 is 0 Å². The van der Waals surface area contributed by atoms with Crippen LogP contribution in [0, 0.1) is 20.2 Å². The third kappa shape index (κ3) is 2.95. The van der Waals surface area contributed by atoms with Gasteiger partial charge in [-0.15, -0.1) is 0 Å². The Morgan fingerprint density at radius 2 is 1.50 bits per heavy atom. The number of nitrogens with zero attached hydrogens (tertiary/aromatic N) is 3. The summed E-state index contributed by atoms with van der Waals surface area (Å²) in [7, 11) is 0. The Bertz CT molecular complexity index is 612. The minimum Gasteiger partial charge on any atom is -0.366 e. The van der Waals surface area contributed by atoms with Gasteiger partial charge in [-0.2, -0.15) is 13.2 Å². The summed E-state index contributed by atoms with van der Waals surface area (Å²) in [5.74, 6) is 0. The number of piperidine rings is 1. The fraction of sp³-hybridized carbons (Fsp3) is 0.500. The average molecular weight is 319 g/mol. The van der Waals surface area contributed by atoms with Crippen LogP contribution in [-0.2, 0) is 6.18 Å². The number of hydrogen-bond acceptors (Lipinski definition) is 5. The fourth-order valence-electron chi connectivity index (χ4n) is 2.55. The number of anilines is 1. The van der Waals surface area contributed by atoms with Crippen LogP contribution in [-0.4, -0.2) is 22.9 Å². The van der Waals surface area contributed by atoms with Crippen molar-refractivity contribution < 1.29 is 23.0 Å². The topological polar surface area (TPSA) is 89.5 Å². The van der Waals surface area contributed by atoms with Gasteiger partial charge >= 0.3 is 17.6 Å². The molecule has 2 rings (SSSR count). The minimum atomic E-state index is -5.03. The van der Waals surface area contributed by atoms with Gasteiger partial charge in [0.15, 0.2) is 0 Å². The highest BCUT2D eigenvalue weighted by Gasteiger charge is 2.45. The van der Waals surface area contributed by atoms with Gasteiger partial charge in [-0.25, -0.2) is 0 Å². The minimum absolute atomic E-state index is 0.135. The Labute approximate surface area is 122 Å². The van der Waals surface area contributed by atoms with Gasteiger partial charge in [0.1, 0.15) is 11.3 Å². The number of nitro groups is 2. The fourth-order valence-corrected chi connectivity index (χ4v) is 2.55. The Hall–Kier alpha value is -2.39. The number of benzene rings is 1. The molecule has 0 N–H and O–H groups in total. The highest BCUT2D eigenvalue weighted by atomic mass is 19.4. The summed E-state index contributed by atoms with van der Waals surface area (Å²) in [6, 6.07) is 1.48. The molecule has 1 heterocycles. The molecule has 0 aliphatic carbocycles. The molecule has 22 heavy (non-hydrogen) atoms. The molecule has 0 spiro atoms. The molecule has 0 amide bonds. The number of nitro benzene ring substituents is 2. The third-order valence-corrected chi connectivity index (χ3v) is 3.50. The van der Waals surface area contributed by atoms with Crippen molar-refractivity contribution in [1.29, 1.82) is 0 Å². The monoisotopic (exact) mass is 319 g/mol. The van der Waals surface area contributed by atoms with E-state index in [1.807, 2.05) is 0 Å². The maximum Gasteiger partial charge on any atom is 0.423 e. The quantitative estimate of drug-likeness (QED) is 0.628. The van der Waals surface area contributed by atoms with Gasteiger partial charge < -0.3 is 4.90 Å². The first-order chi connectivity index (χ1) is 10.2. The van der Waals surface area contributed by atoms with E-state index in [9.17, 15) is 33.4 Å². The molecule has 10 heteroatoms. The lowest BCUT2D eigenvalue weighted by molar-refractivity contribution is -0.423. The summed E-state index contributed by atoms with van der Waals surface area (Å²) in [5, 5.41) is 22.2. The first kappa shape index (κ1) is 16.0. The Morgan fingerprint density at radius 3 is 1.95 bits per heavy atom. The second kappa shape index (κ2) is 5.78. The molecule has 1 fully saturated rings. The van der Waals surface area contributed by atoms with Gasteiger partial charge in [-0.1, -0.05) is 0 Å². The maximum absolute atomic E-state index is 12.9. The molecule has 1 aliphatic heterocycles. The first-order valence-corrected chi connectivity index (χ1v) is 6.51. The largest absolute Gasteiger partial charge is 0.423 e.